The number of hydrogen-bond donors (Lipinski definition) is 2. The standard InChI is InChI=1S/C17H26N4OS.HI/c1-4-13(3)21-17(18-9-8-14-7-6-10-22-14)20-12-16-19-11-15(5-2)23-16;/h6-7,10-11,13H,4-5,8-9,12H2,1-3H3,(H2,18,20,21);1H. The summed E-state index contributed by atoms with van der Waals surface area (Å²) in [5.74, 6) is 1.81. The van der Waals surface area contributed by atoms with Crippen LogP contribution in [0.3, 0.4) is 0 Å². The Kier molecular flexibility index (Phi) is 10.0. The van der Waals surface area contributed by atoms with Gasteiger partial charge in [-0.3, -0.25) is 0 Å². The summed E-state index contributed by atoms with van der Waals surface area (Å²) in [6.45, 7) is 7.85. The molecule has 24 heavy (non-hydrogen) atoms. The zero-order valence-corrected chi connectivity index (χ0v) is 17.7. The van der Waals surface area contributed by atoms with Crippen molar-refractivity contribution in [3.8, 4) is 0 Å². The Balaban J connectivity index is 0.00000288. The number of thiazole rings is 1. The molecule has 0 aliphatic rings. The molecular formula is C17H27IN4OS. The van der Waals surface area contributed by atoms with Crippen LogP contribution in [0, 0.1) is 0 Å². The van der Waals surface area contributed by atoms with Crippen molar-refractivity contribution in [2.24, 2.45) is 4.99 Å². The SMILES string of the molecule is CCc1cnc(CN=C(NCCc2ccco2)NC(C)CC)s1.I. The molecule has 0 amide bonds. The fourth-order valence-electron chi connectivity index (χ4n) is 1.98. The van der Waals surface area contributed by atoms with Crippen LogP contribution < -0.4 is 10.6 Å². The molecule has 0 aromatic carbocycles. The zero-order chi connectivity index (χ0) is 16.5. The highest BCUT2D eigenvalue weighted by Crippen LogP contribution is 2.14. The van der Waals surface area contributed by atoms with Crippen LogP contribution in [-0.4, -0.2) is 23.5 Å². The number of aromatic nitrogens is 1. The maximum Gasteiger partial charge on any atom is 0.191 e. The highest BCUT2D eigenvalue weighted by Gasteiger charge is 2.05. The summed E-state index contributed by atoms with van der Waals surface area (Å²) < 4.78 is 5.35. The van der Waals surface area contributed by atoms with Gasteiger partial charge in [-0.1, -0.05) is 13.8 Å². The van der Waals surface area contributed by atoms with Crippen molar-refractivity contribution >= 4 is 41.3 Å². The monoisotopic (exact) mass is 462 g/mol. The molecule has 2 aromatic rings. The van der Waals surface area contributed by atoms with Crippen LogP contribution in [0.25, 0.3) is 0 Å². The van der Waals surface area contributed by atoms with E-state index in [9.17, 15) is 0 Å². The lowest BCUT2D eigenvalue weighted by molar-refractivity contribution is 0.506. The third-order valence-corrected chi connectivity index (χ3v) is 4.69. The first-order valence-corrected chi connectivity index (χ1v) is 9.03. The van der Waals surface area contributed by atoms with E-state index in [0.717, 1.165) is 42.5 Å². The molecule has 2 aromatic heterocycles. The van der Waals surface area contributed by atoms with Crippen LogP contribution in [0.15, 0.2) is 34.0 Å². The molecule has 134 valence electrons. The Morgan fingerprint density at radius 3 is 2.88 bits per heavy atom. The van der Waals surface area contributed by atoms with Gasteiger partial charge in [0.15, 0.2) is 5.96 Å². The molecule has 5 nitrogen and oxygen atoms in total. The molecule has 0 aliphatic heterocycles. The minimum atomic E-state index is 0. The van der Waals surface area contributed by atoms with E-state index in [1.165, 1.54) is 4.88 Å². The lowest BCUT2D eigenvalue weighted by atomic mass is 10.3. The number of nitrogens with one attached hydrogen (secondary N) is 2. The van der Waals surface area contributed by atoms with Gasteiger partial charge in [-0.05, 0) is 31.9 Å². The van der Waals surface area contributed by atoms with Crippen LogP contribution >= 0.6 is 35.3 Å². The molecule has 0 bridgehead atoms. The normalized spacial score (nSPS) is 12.5. The summed E-state index contributed by atoms with van der Waals surface area (Å²) in [7, 11) is 0. The molecule has 7 heteroatoms. The van der Waals surface area contributed by atoms with Crippen LogP contribution in [-0.2, 0) is 19.4 Å². The summed E-state index contributed by atoms with van der Waals surface area (Å²) in [6.07, 6.45) is 6.57. The van der Waals surface area contributed by atoms with E-state index in [1.54, 1.807) is 17.6 Å². The topological polar surface area (TPSA) is 62.5 Å². The number of hydrogen-bond acceptors (Lipinski definition) is 4. The van der Waals surface area contributed by atoms with Gasteiger partial charge in [0.1, 0.15) is 10.8 Å². The van der Waals surface area contributed by atoms with E-state index in [0.29, 0.717) is 12.6 Å². The fraction of sp³-hybridized carbons (Fsp3) is 0.529. The number of halogens is 1. The Morgan fingerprint density at radius 1 is 1.42 bits per heavy atom. The van der Waals surface area contributed by atoms with Crippen molar-refractivity contribution in [3.05, 3.63) is 40.2 Å². The Labute approximate surface area is 165 Å². The average Bonchev–Trinajstić information content (AvgIpc) is 3.23. The van der Waals surface area contributed by atoms with Gasteiger partial charge in [-0.15, -0.1) is 35.3 Å². The Hall–Kier alpha value is -1.09. The van der Waals surface area contributed by atoms with Crippen LogP contribution in [0.1, 0.15) is 42.8 Å². The molecule has 0 saturated carbocycles. The van der Waals surface area contributed by atoms with Crippen molar-refractivity contribution < 1.29 is 4.42 Å². The molecule has 0 radical (unpaired) electrons. The van der Waals surface area contributed by atoms with Crippen molar-refractivity contribution in [1.29, 1.82) is 0 Å². The van der Waals surface area contributed by atoms with E-state index in [2.05, 4.69) is 41.4 Å². The number of guanidine groups is 1. The molecular weight excluding hydrogens is 435 g/mol. The van der Waals surface area contributed by atoms with Crippen molar-refractivity contribution in [2.75, 3.05) is 6.54 Å². The van der Waals surface area contributed by atoms with Gasteiger partial charge >= 0.3 is 0 Å². The Morgan fingerprint density at radius 2 is 2.25 bits per heavy atom. The zero-order valence-electron chi connectivity index (χ0n) is 14.5. The van der Waals surface area contributed by atoms with E-state index in [1.807, 2.05) is 18.3 Å². The third kappa shape index (κ3) is 7.21. The first-order valence-electron chi connectivity index (χ1n) is 8.22. The second kappa shape index (κ2) is 11.5. The average molecular weight is 462 g/mol. The molecule has 0 fully saturated rings. The minimum absolute atomic E-state index is 0. The van der Waals surface area contributed by atoms with E-state index < -0.39 is 0 Å². The van der Waals surface area contributed by atoms with Crippen LogP contribution in [0.4, 0.5) is 0 Å². The molecule has 0 aliphatic carbocycles. The van der Waals surface area contributed by atoms with Crippen LogP contribution in [0.2, 0.25) is 0 Å². The van der Waals surface area contributed by atoms with Crippen LogP contribution in [0.5, 0.6) is 0 Å². The highest BCUT2D eigenvalue weighted by molar-refractivity contribution is 14.0. The van der Waals surface area contributed by atoms with Gasteiger partial charge in [-0.2, -0.15) is 0 Å². The maximum atomic E-state index is 5.35. The van der Waals surface area contributed by atoms with Gasteiger partial charge in [0.2, 0.25) is 0 Å². The molecule has 2 heterocycles. The minimum Gasteiger partial charge on any atom is -0.469 e. The summed E-state index contributed by atoms with van der Waals surface area (Å²) in [5.41, 5.74) is 0. The van der Waals surface area contributed by atoms with Gasteiger partial charge in [-0.25, -0.2) is 9.98 Å². The summed E-state index contributed by atoms with van der Waals surface area (Å²) in [6, 6.07) is 4.28. The largest absolute Gasteiger partial charge is 0.469 e. The highest BCUT2D eigenvalue weighted by atomic mass is 127. The van der Waals surface area contributed by atoms with E-state index in [4.69, 9.17) is 4.42 Å². The second-order valence-corrected chi connectivity index (χ2v) is 6.65. The first-order chi connectivity index (χ1) is 11.2. The molecule has 1 atom stereocenters. The summed E-state index contributed by atoms with van der Waals surface area (Å²) in [5, 5.41) is 7.85. The molecule has 2 rings (SSSR count). The first kappa shape index (κ1) is 21.0. The number of nitrogens with zero attached hydrogens (tertiary/aromatic N) is 2. The number of aliphatic imine (C=N–C) groups is 1. The molecule has 0 spiro atoms. The number of rotatable bonds is 8. The summed E-state index contributed by atoms with van der Waals surface area (Å²) >= 11 is 1.73. The Bertz CT molecular complexity index is 598. The fourth-order valence-corrected chi connectivity index (χ4v) is 2.77. The lowest BCUT2D eigenvalue weighted by Crippen LogP contribution is -2.42. The van der Waals surface area contributed by atoms with Gasteiger partial charge < -0.3 is 15.1 Å². The number of furan rings is 1. The quantitative estimate of drug-likeness (QED) is 0.354. The maximum absolute atomic E-state index is 5.35. The van der Waals surface area contributed by atoms with E-state index >= 15 is 0 Å². The second-order valence-electron chi connectivity index (χ2n) is 5.45. The molecule has 2 N–H and O–H groups in total. The third-order valence-electron chi connectivity index (χ3n) is 3.56. The summed E-state index contributed by atoms with van der Waals surface area (Å²) in [4.78, 5) is 10.4. The molecule has 0 saturated heterocycles. The smallest absolute Gasteiger partial charge is 0.191 e. The number of aryl methyl sites for hydroxylation is 1. The van der Waals surface area contributed by atoms with Gasteiger partial charge in [0, 0.05) is 30.1 Å². The van der Waals surface area contributed by atoms with Crippen molar-refractivity contribution in [1.82, 2.24) is 15.6 Å². The van der Waals surface area contributed by atoms with Gasteiger partial charge in [0.05, 0.1) is 12.8 Å². The van der Waals surface area contributed by atoms with E-state index in [-0.39, 0.29) is 24.0 Å². The molecule has 1 unspecified atom stereocenters. The predicted molar refractivity (Wildman–Crippen MR) is 111 cm³/mol. The van der Waals surface area contributed by atoms with Crippen molar-refractivity contribution in [2.45, 2.75) is 52.6 Å². The predicted octanol–water partition coefficient (Wildman–Crippen LogP) is 3.99. The van der Waals surface area contributed by atoms with Crippen molar-refractivity contribution in [3.63, 3.8) is 0 Å². The van der Waals surface area contributed by atoms with Gasteiger partial charge in [0.25, 0.3) is 0 Å². The lowest BCUT2D eigenvalue weighted by Gasteiger charge is -2.16.